The number of sulfonamides is 1. The molecule has 0 atom stereocenters. The highest BCUT2D eigenvalue weighted by Gasteiger charge is 2.22. The minimum absolute atomic E-state index is 0. The molecule has 1 aromatic heterocycles. The van der Waals surface area contributed by atoms with E-state index in [2.05, 4.69) is 19.8 Å². The molecule has 0 saturated carbocycles. The lowest BCUT2D eigenvalue weighted by Crippen LogP contribution is -2.50. The second-order valence-corrected chi connectivity index (χ2v) is 10.00. The van der Waals surface area contributed by atoms with E-state index in [0.717, 1.165) is 17.0 Å². The van der Waals surface area contributed by atoms with Gasteiger partial charge in [-0.2, -0.15) is 0 Å². The number of nitrogens with one attached hydrogen (secondary N) is 1. The summed E-state index contributed by atoms with van der Waals surface area (Å²) in [5, 5.41) is 7.43. The Morgan fingerprint density at radius 2 is 1.91 bits per heavy atom. The smallest absolute Gasteiger partial charge is 0.263 e. The number of hydrogen-bond donors (Lipinski definition) is 1. The van der Waals surface area contributed by atoms with E-state index in [9.17, 15) is 17.6 Å². The largest absolute Gasteiger partial charge is 0.484 e. The van der Waals surface area contributed by atoms with Gasteiger partial charge in [0.05, 0.1) is 9.92 Å². The molecule has 1 aliphatic heterocycles. The first-order valence-corrected chi connectivity index (χ1v) is 12.6. The van der Waals surface area contributed by atoms with Crippen molar-refractivity contribution in [3.05, 3.63) is 58.8 Å². The van der Waals surface area contributed by atoms with Crippen molar-refractivity contribution in [2.24, 2.45) is 0 Å². The fraction of sp³-hybridized carbons (Fsp3) is 0.250. The average molecular weight is 514 g/mol. The zero-order valence-corrected chi connectivity index (χ0v) is 19.5. The fourth-order valence-electron chi connectivity index (χ4n) is 3.24. The topological polar surface area (TPSA) is 105 Å². The second kappa shape index (κ2) is 9.89. The first kappa shape index (κ1) is 23.2. The van der Waals surface area contributed by atoms with Crippen LogP contribution < -0.4 is 14.4 Å². The van der Waals surface area contributed by atoms with Crippen molar-refractivity contribution in [1.29, 1.82) is 0 Å². The number of benzene rings is 2. The molecular weight excluding hydrogens is 493 g/mol. The predicted octanol–water partition coefficient (Wildman–Crippen LogP) is 3.11. The summed E-state index contributed by atoms with van der Waals surface area (Å²) in [4.78, 5) is 16.3. The maximum absolute atomic E-state index is 13.2. The number of anilines is 2. The Kier molecular flexibility index (Phi) is 6.96. The molecule has 1 amide bonds. The molecule has 0 aliphatic carbocycles. The summed E-state index contributed by atoms with van der Waals surface area (Å²) < 4.78 is 45.9. The Labute approximate surface area is 200 Å². The Bertz CT molecular complexity index is 1220. The number of amides is 1. The van der Waals surface area contributed by atoms with E-state index in [4.69, 9.17) is 16.3 Å². The van der Waals surface area contributed by atoms with Crippen molar-refractivity contribution in [2.75, 3.05) is 42.4 Å². The Balaban J connectivity index is 0.00000324. The van der Waals surface area contributed by atoms with Crippen molar-refractivity contribution >= 4 is 49.7 Å². The molecule has 4 rings (SSSR count). The van der Waals surface area contributed by atoms with Crippen molar-refractivity contribution < 1.29 is 23.8 Å². The summed E-state index contributed by atoms with van der Waals surface area (Å²) >= 11 is 6.81. The summed E-state index contributed by atoms with van der Waals surface area (Å²) in [6.07, 6.45) is 0. The third-order valence-corrected chi connectivity index (χ3v) is 7.36. The molecule has 2 heterocycles. The van der Waals surface area contributed by atoms with Gasteiger partial charge in [-0.3, -0.25) is 9.52 Å². The van der Waals surface area contributed by atoms with E-state index in [0.29, 0.717) is 31.9 Å². The molecule has 33 heavy (non-hydrogen) atoms. The number of nitrogens with zero attached hydrogens (tertiary/aromatic N) is 4. The summed E-state index contributed by atoms with van der Waals surface area (Å²) in [5.41, 5.74) is 2.30. The molecule has 0 spiro atoms. The van der Waals surface area contributed by atoms with Crippen molar-refractivity contribution in [2.45, 2.75) is 4.90 Å². The number of carbonyl (C=O) groups is 1. The van der Waals surface area contributed by atoms with Gasteiger partial charge in [0.2, 0.25) is 5.13 Å². The van der Waals surface area contributed by atoms with Crippen LogP contribution in [0.2, 0.25) is 5.02 Å². The number of aromatic nitrogens is 2. The molecule has 3 aromatic rings. The van der Waals surface area contributed by atoms with Gasteiger partial charge in [0, 0.05) is 39.4 Å². The lowest BCUT2D eigenvalue weighted by molar-refractivity contribution is -0.133. The number of hydrogen-bond acceptors (Lipinski definition) is 8. The van der Waals surface area contributed by atoms with Crippen LogP contribution >= 0.6 is 22.9 Å². The zero-order chi connectivity index (χ0) is 23.4. The van der Waals surface area contributed by atoms with E-state index in [1.165, 1.54) is 35.8 Å². The predicted molar refractivity (Wildman–Crippen MR) is 125 cm³/mol. The first-order valence-electron chi connectivity index (χ1n) is 9.81. The normalized spacial score (nSPS) is 14.2. The van der Waals surface area contributed by atoms with Crippen LogP contribution in [-0.2, 0) is 14.8 Å². The second-order valence-electron chi connectivity index (χ2n) is 7.08. The van der Waals surface area contributed by atoms with Gasteiger partial charge in [-0.05, 0) is 36.4 Å². The van der Waals surface area contributed by atoms with Gasteiger partial charge in [-0.15, -0.1) is 10.2 Å². The van der Waals surface area contributed by atoms with Crippen LogP contribution in [0.4, 0.5) is 15.2 Å². The third-order valence-electron chi connectivity index (χ3n) is 4.98. The Morgan fingerprint density at radius 3 is 2.55 bits per heavy atom. The fourth-order valence-corrected chi connectivity index (χ4v) is 5.11. The minimum atomic E-state index is -3.74. The first-order chi connectivity index (χ1) is 15.8. The van der Waals surface area contributed by atoms with Crippen LogP contribution in [0, 0.1) is 5.82 Å². The van der Waals surface area contributed by atoms with Crippen LogP contribution in [0.15, 0.2) is 52.9 Å². The SMILES string of the molecule is O=C(COc1ccc(F)c(Cl)c1)N1CCN(c2ccc(S(=O)(=O)Nc3nncs3)cc2)CC1.[HH]. The van der Waals surface area contributed by atoms with Crippen LogP contribution in [0.5, 0.6) is 5.75 Å². The summed E-state index contributed by atoms with van der Waals surface area (Å²) in [6, 6.07) is 10.4. The number of halogens is 2. The van der Waals surface area contributed by atoms with Crippen molar-refractivity contribution in [3.8, 4) is 5.75 Å². The standard InChI is InChI=1S/C20H19ClFN5O4S2.H2/c21-17-11-15(3-6-18(17)22)31-12-19(28)27-9-7-26(8-10-27)14-1-4-16(5-2-14)33(29,30)25-20-24-23-13-32-20;/h1-6,11,13H,7-10,12H2,(H,24,25);1H. The molecule has 0 radical (unpaired) electrons. The molecule has 0 bridgehead atoms. The number of piperazine rings is 1. The van der Waals surface area contributed by atoms with Crippen LogP contribution in [-0.4, -0.2) is 62.2 Å². The van der Waals surface area contributed by atoms with Gasteiger partial charge in [0.1, 0.15) is 17.1 Å². The molecule has 2 aromatic carbocycles. The maximum atomic E-state index is 13.2. The van der Waals surface area contributed by atoms with E-state index in [1.807, 2.05) is 0 Å². The average Bonchev–Trinajstić information content (AvgIpc) is 3.32. The van der Waals surface area contributed by atoms with Gasteiger partial charge in [-0.1, -0.05) is 22.9 Å². The van der Waals surface area contributed by atoms with E-state index >= 15 is 0 Å². The molecule has 0 unspecified atom stereocenters. The molecular formula is C20H21ClFN5O4S2. The van der Waals surface area contributed by atoms with Crippen molar-refractivity contribution in [1.82, 2.24) is 15.1 Å². The van der Waals surface area contributed by atoms with Gasteiger partial charge < -0.3 is 14.5 Å². The highest BCUT2D eigenvalue weighted by molar-refractivity contribution is 7.93. The van der Waals surface area contributed by atoms with Crippen LogP contribution in [0.1, 0.15) is 1.43 Å². The Morgan fingerprint density at radius 1 is 1.18 bits per heavy atom. The van der Waals surface area contributed by atoms with Gasteiger partial charge in [0.15, 0.2) is 6.61 Å². The van der Waals surface area contributed by atoms with E-state index in [-0.39, 0.29) is 29.0 Å². The summed E-state index contributed by atoms with van der Waals surface area (Å²) in [7, 11) is -3.74. The minimum Gasteiger partial charge on any atom is -0.484 e. The van der Waals surface area contributed by atoms with Gasteiger partial charge >= 0.3 is 0 Å². The van der Waals surface area contributed by atoms with E-state index in [1.54, 1.807) is 17.0 Å². The molecule has 1 saturated heterocycles. The molecule has 1 aliphatic rings. The molecule has 1 N–H and O–H groups in total. The Hall–Kier alpha value is -2.96. The summed E-state index contributed by atoms with van der Waals surface area (Å²) in [6.45, 7) is 1.98. The summed E-state index contributed by atoms with van der Waals surface area (Å²) in [5.74, 6) is -0.409. The van der Waals surface area contributed by atoms with Crippen molar-refractivity contribution in [3.63, 3.8) is 0 Å². The lowest BCUT2D eigenvalue weighted by Gasteiger charge is -2.36. The quantitative estimate of drug-likeness (QED) is 0.517. The van der Waals surface area contributed by atoms with Gasteiger partial charge in [-0.25, -0.2) is 12.8 Å². The molecule has 176 valence electrons. The number of ether oxygens (including phenoxy) is 1. The number of rotatable bonds is 7. The van der Waals surface area contributed by atoms with Gasteiger partial charge in [0.25, 0.3) is 15.9 Å². The van der Waals surface area contributed by atoms with E-state index < -0.39 is 15.8 Å². The lowest BCUT2D eigenvalue weighted by atomic mass is 10.2. The molecule has 9 nitrogen and oxygen atoms in total. The third kappa shape index (κ3) is 5.70. The zero-order valence-electron chi connectivity index (χ0n) is 17.1. The monoisotopic (exact) mass is 513 g/mol. The molecule has 13 heteroatoms. The maximum Gasteiger partial charge on any atom is 0.263 e. The van der Waals surface area contributed by atoms with Crippen LogP contribution in [0.25, 0.3) is 0 Å². The molecule has 1 fully saturated rings. The number of carbonyl (C=O) groups excluding carboxylic acids is 1. The highest BCUT2D eigenvalue weighted by atomic mass is 35.5. The highest BCUT2D eigenvalue weighted by Crippen LogP contribution is 2.23. The van der Waals surface area contributed by atoms with Crippen LogP contribution in [0.3, 0.4) is 0 Å².